The second-order valence-electron chi connectivity index (χ2n) is 6.68. The van der Waals surface area contributed by atoms with Crippen LogP contribution in [0, 0.1) is 5.41 Å². The molecule has 0 aromatic heterocycles. The van der Waals surface area contributed by atoms with Crippen molar-refractivity contribution in [1.29, 1.82) is 0 Å². The van der Waals surface area contributed by atoms with Crippen LogP contribution in [-0.2, 0) is 14.8 Å². The van der Waals surface area contributed by atoms with Gasteiger partial charge in [0.1, 0.15) is 0 Å². The maximum Gasteiger partial charge on any atom is 0.212 e. The highest BCUT2D eigenvalue weighted by molar-refractivity contribution is 7.89. The van der Waals surface area contributed by atoms with Crippen molar-refractivity contribution in [3.8, 4) is 0 Å². The van der Waals surface area contributed by atoms with Gasteiger partial charge in [0.05, 0.1) is 12.4 Å². The van der Waals surface area contributed by atoms with Crippen molar-refractivity contribution in [2.75, 3.05) is 19.0 Å². The predicted molar refractivity (Wildman–Crippen MR) is 91.7 cm³/mol. The van der Waals surface area contributed by atoms with Crippen molar-refractivity contribution in [3.63, 3.8) is 0 Å². The van der Waals surface area contributed by atoms with Gasteiger partial charge in [-0.15, -0.1) is 0 Å². The minimum Gasteiger partial charge on any atom is -0.381 e. The standard InChI is InChI=1S/C16H26ClNO3S/c1-13(14-7-5-8-15(17)11-14)18-22(19,20)10-6-9-21-12-16(2,3)4/h5,7-8,11,13,18H,6,9-10,12H2,1-4H3/t13-/m1/s1. The second-order valence-corrected chi connectivity index (χ2v) is 8.99. The second kappa shape index (κ2) is 8.29. The first-order valence-corrected chi connectivity index (χ1v) is 9.45. The van der Waals surface area contributed by atoms with E-state index in [1.165, 1.54) is 0 Å². The average molecular weight is 348 g/mol. The van der Waals surface area contributed by atoms with Gasteiger partial charge in [-0.1, -0.05) is 44.5 Å². The minimum absolute atomic E-state index is 0.0576. The molecule has 0 unspecified atom stereocenters. The number of sulfonamides is 1. The van der Waals surface area contributed by atoms with Crippen LogP contribution in [0.5, 0.6) is 0 Å². The molecule has 1 aromatic carbocycles. The summed E-state index contributed by atoms with van der Waals surface area (Å²) >= 11 is 5.92. The Morgan fingerprint density at radius 1 is 1.32 bits per heavy atom. The van der Waals surface area contributed by atoms with Gasteiger partial charge >= 0.3 is 0 Å². The maximum absolute atomic E-state index is 12.1. The molecule has 1 N–H and O–H groups in total. The molecule has 22 heavy (non-hydrogen) atoms. The summed E-state index contributed by atoms with van der Waals surface area (Å²) in [5.41, 5.74) is 0.943. The van der Waals surface area contributed by atoms with E-state index in [2.05, 4.69) is 25.5 Å². The molecular weight excluding hydrogens is 322 g/mol. The maximum atomic E-state index is 12.1. The zero-order valence-corrected chi connectivity index (χ0v) is 15.3. The normalized spacial score (nSPS) is 14.0. The number of ether oxygens (including phenoxy) is 1. The van der Waals surface area contributed by atoms with Gasteiger partial charge in [0.2, 0.25) is 10.0 Å². The molecule has 0 aliphatic carbocycles. The molecule has 0 heterocycles. The molecule has 0 spiro atoms. The summed E-state index contributed by atoms with van der Waals surface area (Å²) < 4.78 is 32.3. The number of nitrogens with one attached hydrogen (secondary N) is 1. The molecule has 0 saturated carbocycles. The Hall–Kier alpha value is -0.620. The van der Waals surface area contributed by atoms with Gasteiger partial charge in [0, 0.05) is 17.7 Å². The Morgan fingerprint density at radius 2 is 2.00 bits per heavy atom. The Morgan fingerprint density at radius 3 is 2.59 bits per heavy atom. The lowest BCUT2D eigenvalue weighted by atomic mass is 9.99. The lowest BCUT2D eigenvalue weighted by molar-refractivity contribution is 0.0720. The number of benzene rings is 1. The first-order chi connectivity index (χ1) is 10.1. The molecule has 0 amide bonds. The molecule has 0 saturated heterocycles. The summed E-state index contributed by atoms with van der Waals surface area (Å²) in [6.45, 7) is 9.12. The van der Waals surface area contributed by atoms with Gasteiger partial charge in [-0.05, 0) is 36.5 Å². The topological polar surface area (TPSA) is 55.4 Å². The Kier molecular flexibility index (Phi) is 7.32. The van der Waals surface area contributed by atoms with Crippen LogP contribution >= 0.6 is 11.6 Å². The van der Waals surface area contributed by atoms with E-state index in [1.54, 1.807) is 19.1 Å². The predicted octanol–water partition coefficient (Wildman–Crippen LogP) is 3.77. The van der Waals surface area contributed by atoms with Gasteiger partial charge in [-0.25, -0.2) is 13.1 Å². The molecule has 0 aliphatic heterocycles. The number of hydrogen-bond donors (Lipinski definition) is 1. The van der Waals surface area contributed by atoms with Crippen molar-refractivity contribution in [1.82, 2.24) is 4.72 Å². The Balaban J connectivity index is 2.40. The fourth-order valence-electron chi connectivity index (χ4n) is 1.90. The molecule has 0 bridgehead atoms. The quantitative estimate of drug-likeness (QED) is 0.728. The van der Waals surface area contributed by atoms with E-state index in [0.29, 0.717) is 24.7 Å². The van der Waals surface area contributed by atoms with Crippen molar-refractivity contribution in [2.45, 2.75) is 40.2 Å². The number of hydrogen-bond acceptors (Lipinski definition) is 3. The molecule has 126 valence electrons. The van der Waals surface area contributed by atoms with E-state index in [4.69, 9.17) is 16.3 Å². The molecule has 0 aliphatic rings. The lowest BCUT2D eigenvalue weighted by Gasteiger charge is -2.18. The third-order valence-electron chi connectivity index (χ3n) is 2.94. The summed E-state index contributed by atoms with van der Waals surface area (Å²) in [4.78, 5) is 0. The van der Waals surface area contributed by atoms with E-state index in [9.17, 15) is 8.42 Å². The molecule has 1 rings (SSSR count). The van der Waals surface area contributed by atoms with Gasteiger partial charge in [-0.2, -0.15) is 0 Å². The first kappa shape index (κ1) is 19.4. The van der Waals surface area contributed by atoms with Gasteiger partial charge in [0.25, 0.3) is 0 Å². The lowest BCUT2D eigenvalue weighted by Crippen LogP contribution is -2.29. The third-order valence-corrected chi connectivity index (χ3v) is 4.72. The fraction of sp³-hybridized carbons (Fsp3) is 0.625. The van der Waals surface area contributed by atoms with Crippen LogP contribution in [0.3, 0.4) is 0 Å². The SMILES string of the molecule is C[C@@H](NS(=O)(=O)CCCOCC(C)(C)C)c1cccc(Cl)c1. The molecule has 1 aromatic rings. The van der Waals surface area contributed by atoms with Crippen LogP contribution in [0.25, 0.3) is 0 Å². The monoisotopic (exact) mass is 347 g/mol. The zero-order chi connectivity index (χ0) is 16.8. The van der Waals surface area contributed by atoms with E-state index in [1.807, 2.05) is 12.1 Å². The van der Waals surface area contributed by atoms with Crippen LogP contribution in [-0.4, -0.2) is 27.4 Å². The molecule has 0 radical (unpaired) electrons. The Bertz CT molecular complexity index is 567. The molecule has 6 heteroatoms. The summed E-state index contributed by atoms with van der Waals surface area (Å²) in [5, 5.41) is 0.596. The Labute approximate surface area is 139 Å². The largest absolute Gasteiger partial charge is 0.381 e. The van der Waals surface area contributed by atoms with Crippen molar-refractivity contribution >= 4 is 21.6 Å². The van der Waals surface area contributed by atoms with Gasteiger partial charge in [-0.3, -0.25) is 0 Å². The van der Waals surface area contributed by atoms with Crippen molar-refractivity contribution < 1.29 is 13.2 Å². The first-order valence-electron chi connectivity index (χ1n) is 7.42. The third kappa shape index (κ3) is 8.13. The highest BCUT2D eigenvalue weighted by atomic mass is 35.5. The van der Waals surface area contributed by atoms with Gasteiger partial charge < -0.3 is 4.74 Å². The minimum atomic E-state index is -3.33. The summed E-state index contributed by atoms with van der Waals surface area (Å²) in [5.74, 6) is 0.0576. The smallest absolute Gasteiger partial charge is 0.212 e. The highest BCUT2D eigenvalue weighted by Crippen LogP contribution is 2.18. The molecular formula is C16H26ClNO3S. The van der Waals surface area contributed by atoms with Gasteiger partial charge in [0.15, 0.2) is 0 Å². The van der Waals surface area contributed by atoms with Crippen molar-refractivity contribution in [3.05, 3.63) is 34.9 Å². The molecule has 0 fully saturated rings. The summed E-state index contributed by atoms with van der Waals surface area (Å²) in [6.07, 6.45) is 0.480. The van der Waals surface area contributed by atoms with Crippen LogP contribution in [0.4, 0.5) is 0 Å². The van der Waals surface area contributed by atoms with Crippen LogP contribution < -0.4 is 4.72 Å². The average Bonchev–Trinajstić information content (AvgIpc) is 2.36. The number of halogens is 1. The van der Waals surface area contributed by atoms with Crippen LogP contribution in [0.15, 0.2) is 24.3 Å². The number of rotatable bonds is 8. The summed E-state index contributed by atoms with van der Waals surface area (Å²) in [6, 6.07) is 6.88. The zero-order valence-electron chi connectivity index (χ0n) is 13.7. The van der Waals surface area contributed by atoms with E-state index < -0.39 is 10.0 Å². The van der Waals surface area contributed by atoms with Crippen LogP contribution in [0.1, 0.15) is 45.7 Å². The van der Waals surface area contributed by atoms with E-state index in [0.717, 1.165) is 5.56 Å². The van der Waals surface area contributed by atoms with E-state index >= 15 is 0 Å². The molecule has 4 nitrogen and oxygen atoms in total. The highest BCUT2D eigenvalue weighted by Gasteiger charge is 2.16. The fourth-order valence-corrected chi connectivity index (χ4v) is 3.39. The van der Waals surface area contributed by atoms with Crippen LogP contribution in [0.2, 0.25) is 5.02 Å². The molecule has 1 atom stereocenters. The van der Waals surface area contributed by atoms with Crippen molar-refractivity contribution in [2.24, 2.45) is 5.41 Å². The summed E-state index contributed by atoms with van der Waals surface area (Å²) in [7, 11) is -3.33. The van der Waals surface area contributed by atoms with E-state index in [-0.39, 0.29) is 17.2 Å².